The highest BCUT2D eigenvalue weighted by molar-refractivity contribution is 9.10. The lowest BCUT2D eigenvalue weighted by Crippen LogP contribution is -2.34. The van der Waals surface area contributed by atoms with Crippen LogP contribution in [0.5, 0.6) is 0 Å². The van der Waals surface area contributed by atoms with E-state index in [0.29, 0.717) is 4.47 Å². The van der Waals surface area contributed by atoms with Gasteiger partial charge in [0.05, 0.1) is 4.47 Å². The molecular formula is C18H27BrFN. The molecule has 0 saturated heterocycles. The summed E-state index contributed by atoms with van der Waals surface area (Å²) >= 11 is 3.30. The second-order valence-electron chi connectivity index (χ2n) is 6.60. The van der Waals surface area contributed by atoms with Gasteiger partial charge in [-0.25, -0.2) is 4.39 Å². The van der Waals surface area contributed by atoms with Crippen molar-refractivity contribution in [2.24, 2.45) is 17.8 Å². The van der Waals surface area contributed by atoms with Crippen LogP contribution in [-0.4, -0.2) is 13.1 Å². The van der Waals surface area contributed by atoms with E-state index in [1.165, 1.54) is 31.2 Å². The molecule has 3 atom stereocenters. The van der Waals surface area contributed by atoms with Crippen LogP contribution in [0, 0.1) is 23.6 Å². The first kappa shape index (κ1) is 17.0. The van der Waals surface area contributed by atoms with Gasteiger partial charge in [-0.1, -0.05) is 26.3 Å². The first-order chi connectivity index (χ1) is 10.1. The molecule has 1 nitrogen and oxygen atoms in total. The first-order valence-corrected chi connectivity index (χ1v) is 9.04. The van der Waals surface area contributed by atoms with Crippen LogP contribution in [0.3, 0.4) is 0 Å². The Hall–Kier alpha value is -0.410. The van der Waals surface area contributed by atoms with Crippen molar-refractivity contribution in [2.75, 3.05) is 13.1 Å². The van der Waals surface area contributed by atoms with E-state index in [2.05, 4.69) is 35.1 Å². The van der Waals surface area contributed by atoms with Gasteiger partial charge in [-0.2, -0.15) is 0 Å². The van der Waals surface area contributed by atoms with Crippen molar-refractivity contribution in [3.05, 3.63) is 34.1 Å². The predicted molar refractivity (Wildman–Crippen MR) is 91.0 cm³/mol. The van der Waals surface area contributed by atoms with Crippen LogP contribution < -0.4 is 5.32 Å². The van der Waals surface area contributed by atoms with Gasteiger partial charge in [-0.3, -0.25) is 0 Å². The summed E-state index contributed by atoms with van der Waals surface area (Å²) in [5.41, 5.74) is 1.25. The lowest BCUT2D eigenvalue weighted by molar-refractivity contribution is 0.184. The highest BCUT2D eigenvalue weighted by Gasteiger charge is 2.28. The summed E-state index contributed by atoms with van der Waals surface area (Å²) in [4.78, 5) is 0. The van der Waals surface area contributed by atoms with Crippen molar-refractivity contribution in [3.63, 3.8) is 0 Å². The molecular weight excluding hydrogens is 329 g/mol. The summed E-state index contributed by atoms with van der Waals surface area (Å²) in [5.74, 6) is 2.13. The number of halogens is 2. The second kappa shape index (κ2) is 8.28. The van der Waals surface area contributed by atoms with Gasteiger partial charge in [0.25, 0.3) is 0 Å². The Bertz CT molecular complexity index is 449. The molecule has 1 aliphatic carbocycles. The molecule has 1 N–H and O–H groups in total. The lowest BCUT2D eigenvalue weighted by Gasteiger charge is -2.35. The van der Waals surface area contributed by atoms with E-state index < -0.39 is 0 Å². The lowest BCUT2D eigenvalue weighted by atomic mass is 9.72. The van der Waals surface area contributed by atoms with E-state index in [4.69, 9.17) is 0 Å². The van der Waals surface area contributed by atoms with Crippen LogP contribution in [0.25, 0.3) is 0 Å². The SMILES string of the molecule is CCCNCC1CCC(C)CC1Cc1ccc(F)c(Br)c1. The summed E-state index contributed by atoms with van der Waals surface area (Å²) in [6.07, 6.45) is 6.24. The Labute approximate surface area is 136 Å². The Balaban J connectivity index is 1.99. The van der Waals surface area contributed by atoms with Crippen molar-refractivity contribution in [3.8, 4) is 0 Å². The third kappa shape index (κ3) is 5.07. The molecule has 1 aliphatic rings. The molecule has 3 heteroatoms. The molecule has 0 amide bonds. The zero-order valence-electron chi connectivity index (χ0n) is 13.2. The molecule has 0 aliphatic heterocycles. The van der Waals surface area contributed by atoms with Crippen LogP contribution in [0.1, 0.15) is 45.1 Å². The number of rotatable bonds is 6. The quantitative estimate of drug-likeness (QED) is 0.693. The van der Waals surface area contributed by atoms with Gasteiger partial charge in [-0.15, -0.1) is 0 Å². The minimum atomic E-state index is -0.170. The fourth-order valence-corrected chi connectivity index (χ4v) is 3.94. The van der Waals surface area contributed by atoms with Crippen LogP contribution in [-0.2, 0) is 6.42 Å². The zero-order valence-corrected chi connectivity index (χ0v) is 14.8. The molecule has 21 heavy (non-hydrogen) atoms. The van der Waals surface area contributed by atoms with Crippen molar-refractivity contribution in [2.45, 2.75) is 46.0 Å². The van der Waals surface area contributed by atoms with Crippen molar-refractivity contribution in [1.29, 1.82) is 0 Å². The average Bonchev–Trinajstić information content (AvgIpc) is 2.45. The number of hydrogen-bond acceptors (Lipinski definition) is 1. The van der Waals surface area contributed by atoms with Gasteiger partial charge < -0.3 is 5.32 Å². The van der Waals surface area contributed by atoms with Gasteiger partial charge >= 0.3 is 0 Å². The molecule has 0 bridgehead atoms. The molecule has 118 valence electrons. The molecule has 0 aromatic heterocycles. The van der Waals surface area contributed by atoms with E-state index in [-0.39, 0.29) is 5.82 Å². The number of hydrogen-bond donors (Lipinski definition) is 1. The predicted octanol–water partition coefficient (Wildman–Crippen LogP) is 5.18. The largest absolute Gasteiger partial charge is 0.316 e. The van der Waals surface area contributed by atoms with E-state index in [0.717, 1.165) is 37.3 Å². The highest BCUT2D eigenvalue weighted by atomic mass is 79.9. The number of nitrogens with one attached hydrogen (secondary N) is 1. The molecule has 1 aromatic carbocycles. The fourth-order valence-electron chi connectivity index (χ4n) is 3.51. The molecule has 1 fully saturated rings. The maximum Gasteiger partial charge on any atom is 0.137 e. The summed E-state index contributed by atoms with van der Waals surface area (Å²) in [6.45, 7) is 6.82. The van der Waals surface area contributed by atoms with Crippen molar-refractivity contribution < 1.29 is 4.39 Å². The number of benzene rings is 1. The van der Waals surface area contributed by atoms with Gasteiger partial charge in [0, 0.05) is 0 Å². The van der Waals surface area contributed by atoms with Crippen LogP contribution in [0.2, 0.25) is 0 Å². The van der Waals surface area contributed by atoms with Gasteiger partial charge in [0.1, 0.15) is 5.82 Å². The van der Waals surface area contributed by atoms with Crippen LogP contribution in [0.15, 0.2) is 22.7 Å². The maximum absolute atomic E-state index is 13.4. The van der Waals surface area contributed by atoms with Crippen LogP contribution in [0.4, 0.5) is 4.39 Å². The Morgan fingerprint density at radius 3 is 2.81 bits per heavy atom. The Morgan fingerprint density at radius 2 is 2.10 bits per heavy atom. The Kier molecular flexibility index (Phi) is 6.69. The smallest absolute Gasteiger partial charge is 0.137 e. The highest BCUT2D eigenvalue weighted by Crippen LogP contribution is 2.36. The molecule has 0 radical (unpaired) electrons. The molecule has 2 rings (SSSR count). The summed E-state index contributed by atoms with van der Waals surface area (Å²) in [6, 6.07) is 5.47. The van der Waals surface area contributed by atoms with Gasteiger partial charge in [-0.05, 0) is 90.2 Å². The summed E-state index contributed by atoms with van der Waals surface area (Å²) < 4.78 is 14.0. The minimum absolute atomic E-state index is 0.170. The first-order valence-electron chi connectivity index (χ1n) is 8.24. The standard InChI is InChI=1S/C18H27BrFN/c1-3-8-21-12-15-6-4-13(2)9-16(15)10-14-5-7-18(20)17(19)11-14/h5,7,11,13,15-16,21H,3-4,6,8-10,12H2,1-2H3. The van der Waals surface area contributed by atoms with Gasteiger partial charge in [0.2, 0.25) is 0 Å². The molecule has 0 heterocycles. The summed E-state index contributed by atoms with van der Waals surface area (Å²) in [5, 5.41) is 3.59. The maximum atomic E-state index is 13.4. The van der Waals surface area contributed by atoms with Crippen molar-refractivity contribution in [1.82, 2.24) is 5.32 Å². The van der Waals surface area contributed by atoms with E-state index in [1.807, 2.05) is 12.1 Å². The molecule has 3 unspecified atom stereocenters. The third-order valence-electron chi connectivity index (χ3n) is 4.72. The Morgan fingerprint density at radius 1 is 1.29 bits per heavy atom. The average molecular weight is 356 g/mol. The zero-order chi connectivity index (χ0) is 15.2. The fraction of sp³-hybridized carbons (Fsp3) is 0.667. The van der Waals surface area contributed by atoms with E-state index >= 15 is 0 Å². The van der Waals surface area contributed by atoms with E-state index in [1.54, 1.807) is 6.07 Å². The molecule has 0 spiro atoms. The van der Waals surface area contributed by atoms with Gasteiger partial charge in [0.15, 0.2) is 0 Å². The van der Waals surface area contributed by atoms with Crippen LogP contribution >= 0.6 is 15.9 Å². The minimum Gasteiger partial charge on any atom is -0.316 e. The van der Waals surface area contributed by atoms with Crippen molar-refractivity contribution >= 4 is 15.9 Å². The summed E-state index contributed by atoms with van der Waals surface area (Å²) in [7, 11) is 0. The molecule has 1 saturated carbocycles. The monoisotopic (exact) mass is 355 g/mol. The second-order valence-corrected chi connectivity index (χ2v) is 7.45. The third-order valence-corrected chi connectivity index (χ3v) is 5.32. The van der Waals surface area contributed by atoms with E-state index in [9.17, 15) is 4.39 Å². The normalized spacial score (nSPS) is 26.0. The topological polar surface area (TPSA) is 12.0 Å². The molecule has 1 aromatic rings.